The van der Waals surface area contributed by atoms with Gasteiger partial charge >= 0.3 is 5.97 Å². The Hall–Kier alpha value is -2.57. The molecular weight excluding hydrogens is 358 g/mol. The lowest BCUT2D eigenvalue weighted by atomic mass is 9.96. The molecule has 0 saturated heterocycles. The summed E-state index contributed by atoms with van der Waals surface area (Å²) in [6, 6.07) is 9.96. The number of carboxylic acid groups (broad SMARTS) is 1. The maximum atomic E-state index is 12.6. The van der Waals surface area contributed by atoms with Crippen LogP contribution in [0.2, 0.25) is 5.02 Å². The SMILES string of the molecule is COCc1cc(NC(=O)C2COc3ccc(Cl)cc3C2)cc(C(=O)O)c1. The molecule has 3 rings (SSSR count). The average molecular weight is 376 g/mol. The van der Waals surface area contributed by atoms with Crippen LogP contribution in [0.15, 0.2) is 36.4 Å². The summed E-state index contributed by atoms with van der Waals surface area (Å²) in [5, 5.41) is 12.6. The second kappa shape index (κ2) is 7.76. The van der Waals surface area contributed by atoms with Gasteiger partial charge in [0.1, 0.15) is 12.4 Å². The number of ether oxygens (including phenoxy) is 2. The van der Waals surface area contributed by atoms with Gasteiger partial charge in [-0.25, -0.2) is 4.79 Å². The van der Waals surface area contributed by atoms with Crippen LogP contribution in [0.1, 0.15) is 21.5 Å². The van der Waals surface area contributed by atoms with Crippen LogP contribution in [0.25, 0.3) is 0 Å². The number of hydrogen-bond donors (Lipinski definition) is 2. The van der Waals surface area contributed by atoms with Crippen molar-refractivity contribution in [2.75, 3.05) is 19.0 Å². The van der Waals surface area contributed by atoms with Gasteiger partial charge in [-0.1, -0.05) is 11.6 Å². The lowest BCUT2D eigenvalue weighted by Crippen LogP contribution is -2.32. The number of rotatable bonds is 5. The topological polar surface area (TPSA) is 84.9 Å². The van der Waals surface area contributed by atoms with E-state index in [0.717, 1.165) is 11.3 Å². The Balaban J connectivity index is 1.76. The smallest absolute Gasteiger partial charge is 0.335 e. The Morgan fingerprint density at radius 3 is 2.85 bits per heavy atom. The van der Waals surface area contributed by atoms with Gasteiger partial charge < -0.3 is 19.9 Å². The zero-order valence-corrected chi connectivity index (χ0v) is 14.9. The van der Waals surface area contributed by atoms with Crippen LogP contribution in [0.3, 0.4) is 0 Å². The molecule has 1 aliphatic heterocycles. The molecule has 0 radical (unpaired) electrons. The van der Waals surface area contributed by atoms with E-state index in [4.69, 9.17) is 21.1 Å². The Morgan fingerprint density at radius 2 is 2.12 bits per heavy atom. The fourth-order valence-electron chi connectivity index (χ4n) is 2.91. The van der Waals surface area contributed by atoms with Gasteiger partial charge in [0, 0.05) is 17.8 Å². The van der Waals surface area contributed by atoms with Crippen LogP contribution >= 0.6 is 11.6 Å². The zero-order chi connectivity index (χ0) is 18.7. The van der Waals surface area contributed by atoms with Crippen LogP contribution in [0.4, 0.5) is 5.69 Å². The predicted molar refractivity (Wildman–Crippen MR) is 96.9 cm³/mol. The Labute approximate surface area is 155 Å². The van der Waals surface area contributed by atoms with E-state index in [2.05, 4.69) is 5.32 Å². The number of amides is 1. The molecule has 0 saturated carbocycles. The number of methoxy groups -OCH3 is 1. The number of fused-ring (bicyclic) bond motifs is 1. The summed E-state index contributed by atoms with van der Waals surface area (Å²) in [6.07, 6.45) is 0.505. The number of carbonyl (C=O) groups is 2. The number of nitrogens with one attached hydrogen (secondary N) is 1. The van der Waals surface area contributed by atoms with E-state index in [-0.39, 0.29) is 30.6 Å². The maximum Gasteiger partial charge on any atom is 0.335 e. The van der Waals surface area contributed by atoms with Crippen LogP contribution in [-0.4, -0.2) is 30.7 Å². The summed E-state index contributed by atoms with van der Waals surface area (Å²) in [7, 11) is 1.52. The first-order chi connectivity index (χ1) is 12.5. The standard InChI is InChI=1S/C19H18ClNO5/c1-25-9-11-4-13(19(23)24)8-16(5-11)21-18(22)14-6-12-7-15(20)2-3-17(12)26-10-14/h2-5,7-8,14H,6,9-10H2,1H3,(H,21,22)(H,23,24). The van der Waals surface area contributed by atoms with Crippen LogP contribution in [0.5, 0.6) is 5.75 Å². The van der Waals surface area contributed by atoms with E-state index in [1.807, 2.05) is 0 Å². The predicted octanol–water partition coefficient (Wildman–Crippen LogP) is 3.37. The van der Waals surface area contributed by atoms with E-state index in [0.29, 0.717) is 22.7 Å². The van der Waals surface area contributed by atoms with Crippen molar-refractivity contribution in [3.05, 3.63) is 58.1 Å². The highest BCUT2D eigenvalue weighted by Crippen LogP contribution is 2.30. The first-order valence-electron chi connectivity index (χ1n) is 8.04. The molecule has 7 heteroatoms. The van der Waals surface area contributed by atoms with Crippen LogP contribution in [0, 0.1) is 5.92 Å². The van der Waals surface area contributed by atoms with Crippen molar-refractivity contribution in [2.24, 2.45) is 5.92 Å². The van der Waals surface area contributed by atoms with Gasteiger partial charge in [-0.3, -0.25) is 4.79 Å². The first kappa shape index (κ1) is 18.2. The second-order valence-corrected chi connectivity index (χ2v) is 6.55. The zero-order valence-electron chi connectivity index (χ0n) is 14.1. The molecule has 0 fully saturated rings. The van der Waals surface area contributed by atoms with Gasteiger partial charge in [-0.05, 0) is 53.9 Å². The summed E-state index contributed by atoms with van der Waals surface area (Å²) in [5.41, 5.74) is 2.05. The van der Waals surface area contributed by atoms with Crippen molar-refractivity contribution in [1.29, 1.82) is 0 Å². The van der Waals surface area contributed by atoms with E-state index >= 15 is 0 Å². The Kier molecular flexibility index (Phi) is 5.44. The summed E-state index contributed by atoms with van der Waals surface area (Å²) in [4.78, 5) is 23.9. The Bertz CT molecular complexity index is 852. The van der Waals surface area contributed by atoms with E-state index < -0.39 is 5.97 Å². The highest BCUT2D eigenvalue weighted by Gasteiger charge is 2.26. The van der Waals surface area contributed by atoms with Crippen LogP contribution < -0.4 is 10.1 Å². The minimum absolute atomic E-state index is 0.0897. The number of aromatic carboxylic acids is 1. The van der Waals surface area contributed by atoms with Crippen molar-refractivity contribution in [2.45, 2.75) is 13.0 Å². The van der Waals surface area contributed by atoms with Gasteiger partial charge in [-0.2, -0.15) is 0 Å². The summed E-state index contributed by atoms with van der Waals surface area (Å²) >= 11 is 6.00. The number of benzene rings is 2. The van der Waals surface area contributed by atoms with Crippen LogP contribution in [-0.2, 0) is 22.6 Å². The molecule has 6 nitrogen and oxygen atoms in total. The van der Waals surface area contributed by atoms with Crippen molar-refractivity contribution in [3.63, 3.8) is 0 Å². The first-order valence-corrected chi connectivity index (χ1v) is 8.42. The third-order valence-corrected chi connectivity index (χ3v) is 4.35. The molecule has 0 aliphatic carbocycles. The number of carbonyl (C=O) groups excluding carboxylic acids is 1. The molecule has 0 bridgehead atoms. The molecule has 2 N–H and O–H groups in total. The van der Waals surface area contributed by atoms with E-state index in [1.54, 1.807) is 24.3 Å². The summed E-state index contributed by atoms with van der Waals surface area (Å²) < 4.78 is 10.7. The average Bonchev–Trinajstić information content (AvgIpc) is 2.61. The van der Waals surface area contributed by atoms with Gasteiger partial charge in [0.05, 0.1) is 18.1 Å². The molecule has 136 valence electrons. The largest absolute Gasteiger partial charge is 0.492 e. The van der Waals surface area contributed by atoms with Gasteiger partial charge in [-0.15, -0.1) is 0 Å². The minimum Gasteiger partial charge on any atom is -0.492 e. The third kappa shape index (κ3) is 4.15. The molecule has 1 heterocycles. The number of hydrogen-bond acceptors (Lipinski definition) is 4. The van der Waals surface area contributed by atoms with Crippen molar-refractivity contribution in [3.8, 4) is 5.75 Å². The minimum atomic E-state index is -1.07. The highest BCUT2D eigenvalue weighted by atomic mass is 35.5. The second-order valence-electron chi connectivity index (χ2n) is 6.11. The monoisotopic (exact) mass is 375 g/mol. The molecule has 2 aromatic carbocycles. The van der Waals surface area contributed by atoms with Crippen molar-refractivity contribution >= 4 is 29.2 Å². The highest BCUT2D eigenvalue weighted by molar-refractivity contribution is 6.30. The molecular formula is C19H18ClNO5. The summed E-state index contributed by atoms with van der Waals surface area (Å²) in [6.45, 7) is 0.506. The fraction of sp³-hybridized carbons (Fsp3) is 0.263. The molecule has 2 aromatic rings. The molecule has 1 atom stereocenters. The quantitative estimate of drug-likeness (QED) is 0.836. The molecule has 1 unspecified atom stereocenters. The third-order valence-electron chi connectivity index (χ3n) is 4.12. The number of anilines is 1. The fourth-order valence-corrected chi connectivity index (χ4v) is 3.11. The van der Waals surface area contributed by atoms with Gasteiger partial charge in [0.25, 0.3) is 0 Å². The number of carboxylic acids is 1. The number of halogens is 1. The van der Waals surface area contributed by atoms with Gasteiger partial charge in [0.2, 0.25) is 5.91 Å². The van der Waals surface area contributed by atoms with Crippen molar-refractivity contribution in [1.82, 2.24) is 0 Å². The van der Waals surface area contributed by atoms with Crippen molar-refractivity contribution < 1.29 is 24.2 Å². The van der Waals surface area contributed by atoms with Gasteiger partial charge in [0.15, 0.2) is 0 Å². The van der Waals surface area contributed by atoms with E-state index in [1.165, 1.54) is 19.2 Å². The lowest BCUT2D eigenvalue weighted by Gasteiger charge is -2.25. The normalized spacial score (nSPS) is 15.7. The molecule has 1 amide bonds. The Morgan fingerprint density at radius 1 is 1.31 bits per heavy atom. The maximum absolute atomic E-state index is 12.6. The molecule has 0 spiro atoms. The summed E-state index contributed by atoms with van der Waals surface area (Å²) in [5.74, 6) is -0.960. The molecule has 0 aromatic heterocycles. The molecule has 1 aliphatic rings. The lowest BCUT2D eigenvalue weighted by molar-refractivity contribution is -0.121. The van der Waals surface area contributed by atoms with E-state index in [9.17, 15) is 14.7 Å². The molecule has 26 heavy (non-hydrogen) atoms.